The van der Waals surface area contributed by atoms with Crippen LogP contribution in [-0.2, 0) is 9.53 Å². The van der Waals surface area contributed by atoms with Crippen LogP contribution in [0.5, 0.6) is 0 Å². The molecule has 0 aromatic heterocycles. The zero-order chi connectivity index (χ0) is 9.35. The summed E-state index contributed by atoms with van der Waals surface area (Å²) in [4.78, 5) is 11.3. The number of hydrogen-bond acceptors (Lipinski definition) is 2. The lowest BCUT2D eigenvalue weighted by Crippen LogP contribution is -2.12. The average molecular weight is 168 g/mol. The van der Waals surface area contributed by atoms with Crippen molar-refractivity contribution in [1.29, 1.82) is 0 Å². The number of carbonyl (C=O) groups is 1. The molecule has 0 bridgehead atoms. The fourth-order valence-electron chi connectivity index (χ4n) is 1.42. The standard InChI is InChI=1S/C10H16O2/c1-5-12-9(11)8-6-10(8,4)7(2)3/h8H,2,5-6H2,1,3-4H3/t8-,10+/m0/s1. The van der Waals surface area contributed by atoms with E-state index in [1.54, 1.807) is 0 Å². The lowest BCUT2D eigenvalue weighted by atomic mass is 9.98. The fourth-order valence-corrected chi connectivity index (χ4v) is 1.42. The second-order valence-electron chi connectivity index (χ2n) is 3.71. The van der Waals surface area contributed by atoms with Crippen LogP contribution >= 0.6 is 0 Å². The molecule has 0 N–H and O–H groups in total. The number of esters is 1. The van der Waals surface area contributed by atoms with Crippen molar-refractivity contribution in [3.8, 4) is 0 Å². The summed E-state index contributed by atoms with van der Waals surface area (Å²) >= 11 is 0. The average Bonchev–Trinajstić information content (AvgIpc) is 2.65. The van der Waals surface area contributed by atoms with Crippen LogP contribution in [0.2, 0.25) is 0 Å². The van der Waals surface area contributed by atoms with Gasteiger partial charge < -0.3 is 4.74 Å². The summed E-state index contributed by atoms with van der Waals surface area (Å²) in [5, 5.41) is 0. The summed E-state index contributed by atoms with van der Waals surface area (Å²) in [6, 6.07) is 0. The Labute approximate surface area is 73.6 Å². The first kappa shape index (κ1) is 9.30. The fraction of sp³-hybridized carbons (Fsp3) is 0.700. The van der Waals surface area contributed by atoms with Crippen molar-refractivity contribution in [1.82, 2.24) is 0 Å². The molecule has 1 fully saturated rings. The summed E-state index contributed by atoms with van der Waals surface area (Å²) in [6.45, 7) is 10.2. The Kier molecular flexibility index (Phi) is 2.27. The molecule has 2 nitrogen and oxygen atoms in total. The molecule has 0 radical (unpaired) electrons. The van der Waals surface area contributed by atoms with E-state index in [4.69, 9.17) is 4.74 Å². The van der Waals surface area contributed by atoms with Gasteiger partial charge in [0, 0.05) is 5.41 Å². The Balaban J connectivity index is 2.51. The molecule has 1 saturated carbocycles. The first-order valence-corrected chi connectivity index (χ1v) is 4.35. The third-order valence-corrected chi connectivity index (χ3v) is 2.78. The normalized spacial score (nSPS) is 32.8. The van der Waals surface area contributed by atoms with Gasteiger partial charge >= 0.3 is 5.97 Å². The second-order valence-corrected chi connectivity index (χ2v) is 3.71. The second kappa shape index (κ2) is 2.92. The van der Waals surface area contributed by atoms with Crippen LogP contribution in [0.25, 0.3) is 0 Å². The van der Waals surface area contributed by atoms with Gasteiger partial charge in [-0.25, -0.2) is 0 Å². The largest absolute Gasteiger partial charge is 0.466 e. The minimum Gasteiger partial charge on any atom is -0.466 e. The maximum atomic E-state index is 11.3. The van der Waals surface area contributed by atoms with Gasteiger partial charge in [0.1, 0.15) is 0 Å². The summed E-state index contributed by atoms with van der Waals surface area (Å²) in [7, 11) is 0. The molecule has 0 aromatic carbocycles. The third kappa shape index (κ3) is 1.38. The Bertz CT molecular complexity index is 220. The van der Waals surface area contributed by atoms with Crippen LogP contribution in [0.15, 0.2) is 12.2 Å². The molecule has 0 saturated heterocycles. The van der Waals surface area contributed by atoms with Crippen molar-refractivity contribution < 1.29 is 9.53 Å². The Morgan fingerprint density at radius 1 is 1.75 bits per heavy atom. The predicted molar refractivity (Wildman–Crippen MR) is 47.7 cm³/mol. The van der Waals surface area contributed by atoms with Gasteiger partial charge in [0.05, 0.1) is 12.5 Å². The van der Waals surface area contributed by atoms with E-state index < -0.39 is 0 Å². The highest BCUT2D eigenvalue weighted by Gasteiger charge is 2.55. The SMILES string of the molecule is C=C(C)[C@@]1(C)C[C@H]1C(=O)OCC. The zero-order valence-electron chi connectivity index (χ0n) is 8.02. The predicted octanol–water partition coefficient (Wildman–Crippen LogP) is 2.15. The van der Waals surface area contributed by atoms with Crippen molar-refractivity contribution in [3.63, 3.8) is 0 Å². The highest BCUT2D eigenvalue weighted by Crippen LogP contribution is 2.57. The first-order chi connectivity index (χ1) is 5.52. The van der Waals surface area contributed by atoms with E-state index in [0.29, 0.717) is 6.61 Å². The van der Waals surface area contributed by atoms with Crippen LogP contribution in [-0.4, -0.2) is 12.6 Å². The molecule has 0 aliphatic heterocycles. The Morgan fingerprint density at radius 2 is 2.33 bits per heavy atom. The number of allylic oxidation sites excluding steroid dienone is 1. The number of hydrogen-bond donors (Lipinski definition) is 0. The molecule has 0 spiro atoms. The lowest BCUT2D eigenvalue weighted by Gasteiger charge is -2.09. The van der Waals surface area contributed by atoms with Crippen LogP contribution in [0.4, 0.5) is 0 Å². The van der Waals surface area contributed by atoms with Crippen molar-refractivity contribution in [2.45, 2.75) is 27.2 Å². The van der Waals surface area contributed by atoms with Gasteiger partial charge in [0.25, 0.3) is 0 Å². The highest BCUT2D eigenvalue weighted by molar-refractivity contribution is 5.77. The van der Waals surface area contributed by atoms with Gasteiger partial charge in [0.15, 0.2) is 0 Å². The van der Waals surface area contributed by atoms with E-state index in [0.717, 1.165) is 12.0 Å². The highest BCUT2D eigenvalue weighted by atomic mass is 16.5. The summed E-state index contributed by atoms with van der Waals surface area (Å²) in [6.07, 6.45) is 0.904. The maximum absolute atomic E-state index is 11.3. The minimum atomic E-state index is -0.0667. The van der Waals surface area contributed by atoms with Gasteiger partial charge in [-0.15, -0.1) is 0 Å². The molecular weight excluding hydrogens is 152 g/mol. The first-order valence-electron chi connectivity index (χ1n) is 4.35. The van der Waals surface area contributed by atoms with E-state index in [-0.39, 0.29) is 17.3 Å². The van der Waals surface area contributed by atoms with Crippen molar-refractivity contribution in [2.24, 2.45) is 11.3 Å². The molecular formula is C10H16O2. The van der Waals surface area contributed by atoms with Crippen LogP contribution in [0.3, 0.4) is 0 Å². The maximum Gasteiger partial charge on any atom is 0.309 e. The molecule has 2 heteroatoms. The van der Waals surface area contributed by atoms with Crippen LogP contribution in [0.1, 0.15) is 27.2 Å². The number of carbonyl (C=O) groups excluding carboxylic acids is 1. The molecule has 0 amide bonds. The molecule has 2 atom stereocenters. The summed E-state index contributed by atoms with van der Waals surface area (Å²) < 4.78 is 4.93. The molecule has 0 aromatic rings. The van der Waals surface area contributed by atoms with Crippen molar-refractivity contribution in [2.75, 3.05) is 6.61 Å². The smallest absolute Gasteiger partial charge is 0.309 e. The molecule has 12 heavy (non-hydrogen) atoms. The topological polar surface area (TPSA) is 26.3 Å². The minimum absolute atomic E-state index is 0.0201. The van der Waals surface area contributed by atoms with Crippen molar-refractivity contribution in [3.05, 3.63) is 12.2 Å². The Morgan fingerprint density at radius 3 is 2.67 bits per heavy atom. The third-order valence-electron chi connectivity index (χ3n) is 2.78. The molecule has 1 aliphatic rings. The van der Waals surface area contributed by atoms with Gasteiger partial charge in [-0.05, 0) is 20.3 Å². The van der Waals surface area contributed by atoms with E-state index in [2.05, 4.69) is 13.5 Å². The van der Waals surface area contributed by atoms with E-state index >= 15 is 0 Å². The molecule has 0 heterocycles. The lowest BCUT2D eigenvalue weighted by molar-refractivity contribution is -0.145. The van der Waals surface area contributed by atoms with Crippen molar-refractivity contribution >= 4 is 5.97 Å². The molecule has 0 unspecified atom stereocenters. The number of ether oxygens (including phenoxy) is 1. The van der Waals surface area contributed by atoms with E-state index in [9.17, 15) is 4.79 Å². The van der Waals surface area contributed by atoms with Crippen LogP contribution in [0, 0.1) is 11.3 Å². The molecule has 1 rings (SSSR count). The zero-order valence-corrected chi connectivity index (χ0v) is 8.02. The van der Waals surface area contributed by atoms with Gasteiger partial charge in [0.2, 0.25) is 0 Å². The Hall–Kier alpha value is -0.790. The number of rotatable bonds is 3. The van der Waals surface area contributed by atoms with E-state index in [1.165, 1.54) is 0 Å². The van der Waals surface area contributed by atoms with Crippen LogP contribution < -0.4 is 0 Å². The van der Waals surface area contributed by atoms with Gasteiger partial charge in [-0.3, -0.25) is 4.79 Å². The quantitative estimate of drug-likeness (QED) is 0.477. The van der Waals surface area contributed by atoms with Gasteiger partial charge in [-0.1, -0.05) is 19.1 Å². The summed E-state index contributed by atoms with van der Waals surface area (Å²) in [5.74, 6) is -0.00190. The molecule has 68 valence electrons. The summed E-state index contributed by atoms with van der Waals surface area (Å²) in [5.41, 5.74) is 1.10. The van der Waals surface area contributed by atoms with Gasteiger partial charge in [-0.2, -0.15) is 0 Å². The molecule has 1 aliphatic carbocycles. The monoisotopic (exact) mass is 168 g/mol. The van der Waals surface area contributed by atoms with E-state index in [1.807, 2.05) is 13.8 Å².